The van der Waals surface area contributed by atoms with Gasteiger partial charge in [-0.2, -0.15) is 0 Å². The number of aliphatic hydroxyl groups excluding tert-OH is 1. The van der Waals surface area contributed by atoms with Gasteiger partial charge >= 0.3 is 0 Å². The first kappa shape index (κ1) is 15.8. The molecule has 4 heteroatoms. The Balaban J connectivity index is 3.63. The van der Waals surface area contributed by atoms with Crippen LogP contribution < -0.4 is 5.32 Å². The fourth-order valence-corrected chi connectivity index (χ4v) is 1.77. The Morgan fingerprint density at radius 3 is 2.50 bits per heavy atom. The first-order valence-corrected chi connectivity index (χ1v) is 6.06. The topological polar surface area (TPSA) is 61.7 Å². The van der Waals surface area contributed by atoms with Gasteiger partial charge in [-0.15, -0.1) is 0 Å². The van der Waals surface area contributed by atoms with Crippen LogP contribution in [0.1, 0.15) is 34.1 Å². The summed E-state index contributed by atoms with van der Waals surface area (Å²) in [5, 5.41) is 22.5. The lowest BCUT2D eigenvalue weighted by atomic mass is 9.94. The van der Waals surface area contributed by atoms with Crippen LogP contribution >= 0.6 is 0 Å². The molecule has 0 rings (SSSR count). The Hall–Kier alpha value is -0.160. The smallest absolute Gasteiger partial charge is 0.0897 e. The van der Waals surface area contributed by atoms with E-state index in [1.807, 2.05) is 13.8 Å². The molecule has 98 valence electrons. The molecule has 0 aromatic carbocycles. The molecule has 0 radical (unpaired) electrons. The van der Waals surface area contributed by atoms with Crippen LogP contribution in [-0.4, -0.2) is 48.2 Å². The van der Waals surface area contributed by atoms with Crippen molar-refractivity contribution >= 4 is 0 Å². The van der Waals surface area contributed by atoms with Crippen molar-refractivity contribution in [3.63, 3.8) is 0 Å². The molecule has 2 atom stereocenters. The Labute approximate surface area is 99.0 Å². The van der Waals surface area contributed by atoms with Gasteiger partial charge in [-0.3, -0.25) is 0 Å². The third kappa shape index (κ3) is 9.09. The van der Waals surface area contributed by atoms with Crippen molar-refractivity contribution in [3.8, 4) is 0 Å². The van der Waals surface area contributed by atoms with Gasteiger partial charge in [0.15, 0.2) is 0 Å². The van der Waals surface area contributed by atoms with Gasteiger partial charge in [0, 0.05) is 19.7 Å². The molecule has 3 N–H and O–H groups in total. The summed E-state index contributed by atoms with van der Waals surface area (Å²) < 4.78 is 5.09. The molecule has 0 saturated heterocycles. The van der Waals surface area contributed by atoms with Gasteiger partial charge < -0.3 is 20.3 Å². The van der Waals surface area contributed by atoms with E-state index in [0.717, 1.165) is 6.42 Å². The highest BCUT2D eigenvalue weighted by Crippen LogP contribution is 2.14. The molecule has 2 unspecified atom stereocenters. The van der Waals surface area contributed by atoms with Gasteiger partial charge in [-0.25, -0.2) is 0 Å². The average molecular weight is 233 g/mol. The molecule has 0 fully saturated rings. The van der Waals surface area contributed by atoms with E-state index in [1.54, 1.807) is 0 Å². The van der Waals surface area contributed by atoms with Crippen LogP contribution in [0.5, 0.6) is 0 Å². The molecule has 0 bridgehead atoms. The van der Waals surface area contributed by atoms with Crippen molar-refractivity contribution in [1.82, 2.24) is 5.32 Å². The lowest BCUT2D eigenvalue weighted by Crippen LogP contribution is -2.42. The first-order valence-electron chi connectivity index (χ1n) is 6.06. The highest BCUT2D eigenvalue weighted by Gasteiger charge is 2.21. The third-order valence-electron chi connectivity index (χ3n) is 2.25. The van der Waals surface area contributed by atoms with Crippen molar-refractivity contribution < 1.29 is 14.9 Å². The minimum atomic E-state index is -0.709. The summed E-state index contributed by atoms with van der Waals surface area (Å²) in [4.78, 5) is 0. The number of hydrogen-bond acceptors (Lipinski definition) is 4. The maximum absolute atomic E-state index is 10.00. The van der Waals surface area contributed by atoms with Crippen molar-refractivity contribution in [2.45, 2.75) is 45.8 Å². The summed E-state index contributed by atoms with van der Waals surface area (Å²) in [7, 11) is 0. The SMILES string of the molecule is CCOCC(O)CNCC(C)(O)CC(C)C. The van der Waals surface area contributed by atoms with E-state index in [2.05, 4.69) is 19.2 Å². The van der Waals surface area contributed by atoms with Crippen molar-refractivity contribution in [3.05, 3.63) is 0 Å². The normalized spacial score (nSPS) is 17.4. The van der Waals surface area contributed by atoms with E-state index in [4.69, 9.17) is 4.74 Å². The molecule has 0 aliphatic heterocycles. The van der Waals surface area contributed by atoms with Crippen molar-refractivity contribution in [1.29, 1.82) is 0 Å². The van der Waals surface area contributed by atoms with Gasteiger partial charge in [-0.05, 0) is 26.2 Å². The number of nitrogens with one attached hydrogen (secondary N) is 1. The Morgan fingerprint density at radius 1 is 1.38 bits per heavy atom. The monoisotopic (exact) mass is 233 g/mol. The predicted octanol–water partition coefficient (Wildman–Crippen LogP) is 0.770. The lowest BCUT2D eigenvalue weighted by Gasteiger charge is -2.26. The summed E-state index contributed by atoms with van der Waals surface area (Å²) >= 11 is 0. The van der Waals surface area contributed by atoms with E-state index in [0.29, 0.717) is 32.2 Å². The summed E-state index contributed by atoms with van der Waals surface area (Å²) in [5.41, 5.74) is -0.709. The molecule has 4 nitrogen and oxygen atoms in total. The number of rotatable bonds is 9. The van der Waals surface area contributed by atoms with Crippen LogP contribution in [-0.2, 0) is 4.74 Å². The van der Waals surface area contributed by atoms with Crippen LogP contribution in [0, 0.1) is 5.92 Å². The van der Waals surface area contributed by atoms with Crippen molar-refractivity contribution in [2.75, 3.05) is 26.3 Å². The van der Waals surface area contributed by atoms with Crippen LogP contribution in [0.25, 0.3) is 0 Å². The highest BCUT2D eigenvalue weighted by molar-refractivity contribution is 4.77. The second-order valence-corrected chi connectivity index (χ2v) is 5.04. The van der Waals surface area contributed by atoms with Crippen LogP contribution in [0.4, 0.5) is 0 Å². The predicted molar refractivity (Wildman–Crippen MR) is 65.4 cm³/mol. The third-order valence-corrected chi connectivity index (χ3v) is 2.25. The zero-order valence-electron chi connectivity index (χ0n) is 11.0. The van der Waals surface area contributed by atoms with Gasteiger partial charge in [0.05, 0.1) is 18.3 Å². The average Bonchev–Trinajstić information content (AvgIpc) is 2.12. The summed E-state index contributed by atoms with van der Waals surface area (Å²) in [6.07, 6.45) is 0.247. The number of hydrogen-bond donors (Lipinski definition) is 3. The van der Waals surface area contributed by atoms with E-state index in [-0.39, 0.29) is 0 Å². The molecule has 0 aliphatic rings. The zero-order valence-corrected chi connectivity index (χ0v) is 11.0. The van der Waals surface area contributed by atoms with E-state index < -0.39 is 11.7 Å². The van der Waals surface area contributed by atoms with Crippen LogP contribution in [0.2, 0.25) is 0 Å². The molecule has 16 heavy (non-hydrogen) atoms. The van der Waals surface area contributed by atoms with E-state index >= 15 is 0 Å². The molecule has 0 heterocycles. The van der Waals surface area contributed by atoms with E-state index in [9.17, 15) is 10.2 Å². The largest absolute Gasteiger partial charge is 0.389 e. The Morgan fingerprint density at radius 2 is 2.00 bits per heavy atom. The molecule has 0 aromatic heterocycles. The Kier molecular flexibility index (Phi) is 7.93. The molecule has 0 saturated carbocycles. The molecule has 0 spiro atoms. The fraction of sp³-hybridized carbons (Fsp3) is 1.00. The van der Waals surface area contributed by atoms with Gasteiger partial charge in [-0.1, -0.05) is 13.8 Å². The van der Waals surface area contributed by atoms with Crippen LogP contribution in [0.3, 0.4) is 0 Å². The molecule has 0 aromatic rings. The lowest BCUT2D eigenvalue weighted by molar-refractivity contribution is 0.0221. The van der Waals surface area contributed by atoms with Gasteiger partial charge in [0.2, 0.25) is 0 Å². The standard InChI is InChI=1S/C12H27NO3/c1-5-16-8-11(14)7-13-9-12(4,15)6-10(2)3/h10-11,13-15H,5-9H2,1-4H3. The minimum absolute atomic E-state index is 0.343. The first-order chi connectivity index (χ1) is 7.37. The van der Waals surface area contributed by atoms with Gasteiger partial charge in [0.1, 0.15) is 0 Å². The highest BCUT2D eigenvalue weighted by atomic mass is 16.5. The minimum Gasteiger partial charge on any atom is -0.389 e. The summed E-state index contributed by atoms with van der Waals surface area (Å²) in [5.74, 6) is 0.463. The van der Waals surface area contributed by atoms with Crippen molar-refractivity contribution in [2.24, 2.45) is 5.92 Å². The molecular weight excluding hydrogens is 206 g/mol. The molecule has 0 amide bonds. The number of aliphatic hydroxyl groups is 2. The Bertz CT molecular complexity index is 172. The molecular formula is C12H27NO3. The maximum Gasteiger partial charge on any atom is 0.0897 e. The van der Waals surface area contributed by atoms with Gasteiger partial charge in [0.25, 0.3) is 0 Å². The van der Waals surface area contributed by atoms with Crippen LogP contribution in [0.15, 0.2) is 0 Å². The second kappa shape index (κ2) is 8.01. The second-order valence-electron chi connectivity index (χ2n) is 5.04. The quantitative estimate of drug-likeness (QED) is 0.550. The van der Waals surface area contributed by atoms with E-state index in [1.165, 1.54) is 0 Å². The fourth-order valence-electron chi connectivity index (χ4n) is 1.77. The zero-order chi connectivity index (χ0) is 12.6. The summed E-state index contributed by atoms with van der Waals surface area (Å²) in [6.45, 7) is 9.78. The summed E-state index contributed by atoms with van der Waals surface area (Å²) in [6, 6.07) is 0. The number of ether oxygens (including phenoxy) is 1. The molecule has 0 aliphatic carbocycles. The maximum atomic E-state index is 10.00.